The summed E-state index contributed by atoms with van der Waals surface area (Å²) in [4.78, 5) is 5.74. The van der Waals surface area contributed by atoms with Crippen LogP contribution < -0.4 is 5.73 Å². The molecule has 2 N–H and O–H groups in total. The van der Waals surface area contributed by atoms with Crippen molar-refractivity contribution in [1.29, 1.82) is 0 Å². The molecule has 3 heteroatoms. The number of aromatic nitrogens is 1. The summed E-state index contributed by atoms with van der Waals surface area (Å²) in [6.07, 6.45) is 2.32. The monoisotopic (exact) mass is 246 g/mol. The van der Waals surface area contributed by atoms with Crippen LogP contribution in [-0.4, -0.2) is 4.98 Å². The fraction of sp³-hybridized carbons (Fsp3) is 0.357. The maximum Gasteiger partial charge on any atom is 0.0905 e. The second-order valence-electron chi connectivity index (χ2n) is 4.16. The molecule has 0 unspecified atom stereocenters. The van der Waals surface area contributed by atoms with Crippen LogP contribution in [0.3, 0.4) is 0 Å². The number of thiazole rings is 1. The maximum atomic E-state index is 5.75. The van der Waals surface area contributed by atoms with E-state index < -0.39 is 0 Å². The zero-order valence-electron chi connectivity index (χ0n) is 10.4. The van der Waals surface area contributed by atoms with Crippen molar-refractivity contribution in [3.63, 3.8) is 0 Å². The summed E-state index contributed by atoms with van der Waals surface area (Å²) in [6.45, 7) is 4.79. The van der Waals surface area contributed by atoms with E-state index in [1.54, 1.807) is 11.3 Å². The maximum absolute atomic E-state index is 5.75. The highest BCUT2D eigenvalue weighted by atomic mass is 32.1. The van der Waals surface area contributed by atoms with Crippen LogP contribution in [0.25, 0.3) is 11.3 Å². The Kier molecular flexibility index (Phi) is 3.92. The van der Waals surface area contributed by atoms with Crippen LogP contribution in [-0.2, 0) is 13.0 Å². The average molecular weight is 246 g/mol. The lowest BCUT2D eigenvalue weighted by atomic mass is 10.1. The van der Waals surface area contributed by atoms with Gasteiger partial charge >= 0.3 is 0 Å². The summed E-state index contributed by atoms with van der Waals surface area (Å²) < 4.78 is 0. The topological polar surface area (TPSA) is 38.9 Å². The number of nitrogens with zero attached hydrogens (tertiary/aromatic N) is 1. The van der Waals surface area contributed by atoms with Crippen LogP contribution in [0.4, 0.5) is 0 Å². The van der Waals surface area contributed by atoms with Crippen molar-refractivity contribution in [2.45, 2.75) is 33.2 Å². The van der Waals surface area contributed by atoms with Gasteiger partial charge in [-0.3, -0.25) is 0 Å². The molecule has 0 aliphatic carbocycles. The molecule has 0 saturated carbocycles. The molecule has 1 heterocycles. The number of rotatable bonds is 4. The van der Waals surface area contributed by atoms with Crippen molar-refractivity contribution in [2.24, 2.45) is 5.73 Å². The Morgan fingerprint density at radius 1 is 1.24 bits per heavy atom. The molecule has 0 amide bonds. The SMILES string of the molecule is CCCc1ccc(-c2nc(C)sc2CN)cc1. The van der Waals surface area contributed by atoms with E-state index in [1.165, 1.54) is 22.4 Å². The summed E-state index contributed by atoms with van der Waals surface area (Å²) in [7, 11) is 0. The molecule has 1 aromatic heterocycles. The Hall–Kier alpha value is -1.19. The van der Waals surface area contributed by atoms with Crippen LogP contribution in [0.15, 0.2) is 24.3 Å². The summed E-state index contributed by atoms with van der Waals surface area (Å²) in [5.74, 6) is 0. The Labute approximate surface area is 107 Å². The Balaban J connectivity index is 2.32. The summed E-state index contributed by atoms with van der Waals surface area (Å²) in [5, 5.41) is 1.08. The molecule has 2 nitrogen and oxygen atoms in total. The second kappa shape index (κ2) is 5.43. The molecule has 0 spiro atoms. The number of nitrogens with two attached hydrogens (primary N) is 1. The van der Waals surface area contributed by atoms with E-state index in [0.717, 1.165) is 17.1 Å². The summed E-state index contributed by atoms with van der Waals surface area (Å²) in [6, 6.07) is 8.68. The minimum absolute atomic E-state index is 0.567. The highest BCUT2D eigenvalue weighted by Crippen LogP contribution is 2.27. The first-order chi connectivity index (χ1) is 8.24. The molecule has 0 atom stereocenters. The molecule has 0 aliphatic rings. The van der Waals surface area contributed by atoms with E-state index in [2.05, 4.69) is 36.2 Å². The Morgan fingerprint density at radius 3 is 2.53 bits per heavy atom. The third kappa shape index (κ3) is 2.73. The summed E-state index contributed by atoms with van der Waals surface area (Å²) >= 11 is 1.69. The van der Waals surface area contributed by atoms with E-state index >= 15 is 0 Å². The van der Waals surface area contributed by atoms with Crippen molar-refractivity contribution >= 4 is 11.3 Å². The minimum Gasteiger partial charge on any atom is -0.326 e. The quantitative estimate of drug-likeness (QED) is 0.896. The van der Waals surface area contributed by atoms with Crippen molar-refractivity contribution in [3.8, 4) is 11.3 Å². The van der Waals surface area contributed by atoms with Gasteiger partial charge in [-0.25, -0.2) is 4.98 Å². The number of hydrogen-bond donors (Lipinski definition) is 1. The lowest BCUT2D eigenvalue weighted by Gasteiger charge is -2.02. The van der Waals surface area contributed by atoms with Gasteiger partial charge in [0, 0.05) is 17.0 Å². The smallest absolute Gasteiger partial charge is 0.0905 e. The largest absolute Gasteiger partial charge is 0.326 e. The third-order valence-electron chi connectivity index (χ3n) is 2.76. The van der Waals surface area contributed by atoms with Crippen LogP contribution >= 0.6 is 11.3 Å². The first kappa shape index (κ1) is 12.3. The van der Waals surface area contributed by atoms with Gasteiger partial charge in [0.15, 0.2) is 0 Å². The summed E-state index contributed by atoms with van der Waals surface area (Å²) in [5.41, 5.74) is 9.37. The van der Waals surface area contributed by atoms with Crippen molar-refractivity contribution < 1.29 is 0 Å². The van der Waals surface area contributed by atoms with Crippen LogP contribution in [0.2, 0.25) is 0 Å². The molecule has 0 radical (unpaired) electrons. The van der Waals surface area contributed by atoms with Crippen LogP contribution in [0.5, 0.6) is 0 Å². The van der Waals surface area contributed by atoms with Gasteiger partial charge in [0.1, 0.15) is 0 Å². The molecule has 17 heavy (non-hydrogen) atoms. The predicted octanol–water partition coefficient (Wildman–Crippen LogP) is 3.53. The molecule has 0 bridgehead atoms. The molecule has 0 saturated heterocycles. The molecular weight excluding hydrogens is 228 g/mol. The number of aryl methyl sites for hydroxylation is 2. The molecular formula is C14H18N2S. The highest BCUT2D eigenvalue weighted by molar-refractivity contribution is 7.12. The van der Waals surface area contributed by atoms with Gasteiger partial charge in [0.25, 0.3) is 0 Å². The van der Waals surface area contributed by atoms with Gasteiger partial charge in [-0.2, -0.15) is 0 Å². The van der Waals surface area contributed by atoms with Gasteiger partial charge in [-0.05, 0) is 18.9 Å². The number of hydrogen-bond acceptors (Lipinski definition) is 3. The first-order valence-electron chi connectivity index (χ1n) is 6.00. The molecule has 0 fully saturated rings. The molecule has 1 aromatic carbocycles. The van der Waals surface area contributed by atoms with E-state index in [0.29, 0.717) is 6.54 Å². The van der Waals surface area contributed by atoms with Crippen molar-refractivity contribution in [1.82, 2.24) is 4.98 Å². The zero-order valence-corrected chi connectivity index (χ0v) is 11.2. The minimum atomic E-state index is 0.567. The van der Waals surface area contributed by atoms with Gasteiger partial charge in [-0.1, -0.05) is 37.6 Å². The molecule has 90 valence electrons. The molecule has 2 rings (SSSR count). The van der Waals surface area contributed by atoms with Gasteiger partial charge in [0.2, 0.25) is 0 Å². The van der Waals surface area contributed by atoms with Gasteiger partial charge < -0.3 is 5.73 Å². The molecule has 0 aliphatic heterocycles. The predicted molar refractivity (Wildman–Crippen MR) is 74.2 cm³/mol. The standard InChI is InChI=1S/C14H18N2S/c1-3-4-11-5-7-12(8-6-11)14-13(9-15)17-10(2)16-14/h5-8H,3-4,9,15H2,1-2H3. The van der Waals surface area contributed by atoms with E-state index in [9.17, 15) is 0 Å². The van der Waals surface area contributed by atoms with E-state index in [1.807, 2.05) is 6.92 Å². The van der Waals surface area contributed by atoms with Crippen LogP contribution in [0, 0.1) is 6.92 Å². The average Bonchev–Trinajstić information content (AvgIpc) is 2.72. The Morgan fingerprint density at radius 2 is 1.94 bits per heavy atom. The zero-order chi connectivity index (χ0) is 12.3. The fourth-order valence-corrected chi connectivity index (χ4v) is 2.79. The first-order valence-corrected chi connectivity index (χ1v) is 6.82. The van der Waals surface area contributed by atoms with Crippen molar-refractivity contribution in [3.05, 3.63) is 39.7 Å². The van der Waals surface area contributed by atoms with Gasteiger partial charge in [-0.15, -0.1) is 11.3 Å². The highest BCUT2D eigenvalue weighted by Gasteiger charge is 2.09. The van der Waals surface area contributed by atoms with E-state index in [-0.39, 0.29) is 0 Å². The van der Waals surface area contributed by atoms with Crippen molar-refractivity contribution in [2.75, 3.05) is 0 Å². The van der Waals surface area contributed by atoms with E-state index in [4.69, 9.17) is 5.73 Å². The Bertz CT molecular complexity index is 485. The lowest BCUT2D eigenvalue weighted by molar-refractivity contribution is 0.922. The third-order valence-corrected chi connectivity index (χ3v) is 3.75. The fourth-order valence-electron chi connectivity index (χ4n) is 1.95. The lowest BCUT2D eigenvalue weighted by Crippen LogP contribution is -1.95. The second-order valence-corrected chi connectivity index (χ2v) is 5.44. The van der Waals surface area contributed by atoms with Gasteiger partial charge in [0.05, 0.1) is 10.7 Å². The van der Waals surface area contributed by atoms with Crippen LogP contribution in [0.1, 0.15) is 28.8 Å². The molecule has 2 aromatic rings. The normalized spacial score (nSPS) is 10.8. The number of benzene rings is 1.